The minimum atomic E-state index is 0.857. The van der Waals surface area contributed by atoms with Crippen LogP contribution in [0.3, 0.4) is 0 Å². The topological polar surface area (TPSA) is 16.4 Å². The Morgan fingerprint density at radius 3 is 1.65 bits per heavy atom. The predicted octanol–water partition coefficient (Wildman–Crippen LogP) is 14.4. The Balaban J connectivity index is 1.21. The third-order valence-corrected chi connectivity index (χ3v) is 10.3. The molecule has 1 aromatic heterocycles. The van der Waals surface area contributed by atoms with Crippen molar-refractivity contribution in [3.8, 4) is 33.4 Å². The highest BCUT2D eigenvalue weighted by Crippen LogP contribution is 2.46. The summed E-state index contributed by atoms with van der Waals surface area (Å²) in [6, 6.07) is 71.6. The van der Waals surface area contributed by atoms with E-state index in [2.05, 4.69) is 205 Å². The molecule has 1 heterocycles. The van der Waals surface area contributed by atoms with Gasteiger partial charge in [0.1, 0.15) is 5.58 Å². The molecule has 0 spiro atoms. The highest BCUT2D eigenvalue weighted by molar-refractivity contribution is 6.14. The molecule has 10 aromatic rings. The van der Waals surface area contributed by atoms with Gasteiger partial charge in [-0.3, -0.25) is 0 Å². The van der Waals surface area contributed by atoms with E-state index in [0.717, 1.165) is 50.1 Å². The van der Waals surface area contributed by atoms with E-state index in [1.807, 2.05) is 0 Å². The summed E-state index contributed by atoms with van der Waals surface area (Å²) < 4.78 is 7.00. The third-order valence-electron chi connectivity index (χ3n) is 10.3. The van der Waals surface area contributed by atoms with Crippen LogP contribution in [0.5, 0.6) is 0 Å². The van der Waals surface area contributed by atoms with Crippen LogP contribution < -0.4 is 4.90 Å². The standard InChI is InChI=1S/C50H33NO/c1-3-13-34(14-4-1)39-28-27-37-19-10-25-47(46(37)33-39)51(40-31-29-38(30-32-40)42-21-9-18-35-17-7-8-20-41(35)42)48-26-12-24-45-44-23-11-22-43(49(44)52-50(45)48)36-15-5-2-6-16-36/h1-33H. The average Bonchev–Trinajstić information content (AvgIpc) is 3.61. The van der Waals surface area contributed by atoms with E-state index < -0.39 is 0 Å². The van der Waals surface area contributed by atoms with Gasteiger partial charge in [0.15, 0.2) is 5.58 Å². The van der Waals surface area contributed by atoms with Crippen LogP contribution >= 0.6 is 0 Å². The third kappa shape index (κ3) is 5.04. The van der Waals surface area contributed by atoms with Gasteiger partial charge in [0.25, 0.3) is 0 Å². The lowest BCUT2D eigenvalue weighted by molar-refractivity contribution is 0.670. The number of hydrogen-bond donors (Lipinski definition) is 0. The van der Waals surface area contributed by atoms with Crippen LogP contribution in [0.2, 0.25) is 0 Å². The quantitative estimate of drug-likeness (QED) is 0.176. The van der Waals surface area contributed by atoms with Crippen molar-refractivity contribution >= 4 is 60.5 Å². The molecule has 0 unspecified atom stereocenters. The highest BCUT2D eigenvalue weighted by Gasteiger charge is 2.22. The Morgan fingerprint density at radius 1 is 0.308 bits per heavy atom. The Kier molecular flexibility index (Phi) is 7.18. The molecule has 52 heavy (non-hydrogen) atoms. The van der Waals surface area contributed by atoms with Crippen LogP contribution in [0.15, 0.2) is 205 Å². The smallest absolute Gasteiger partial charge is 0.159 e. The van der Waals surface area contributed by atoms with E-state index in [0.29, 0.717) is 0 Å². The van der Waals surface area contributed by atoms with Gasteiger partial charge in [-0.1, -0.05) is 170 Å². The summed E-state index contributed by atoms with van der Waals surface area (Å²) in [7, 11) is 0. The van der Waals surface area contributed by atoms with E-state index in [1.54, 1.807) is 0 Å². The fourth-order valence-electron chi connectivity index (χ4n) is 7.76. The molecule has 0 atom stereocenters. The van der Waals surface area contributed by atoms with Gasteiger partial charge >= 0.3 is 0 Å². The molecule has 0 aliphatic carbocycles. The molecule has 9 aromatic carbocycles. The zero-order valence-electron chi connectivity index (χ0n) is 28.4. The maximum Gasteiger partial charge on any atom is 0.159 e. The number of benzene rings is 9. The number of furan rings is 1. The van der Waals surface area contributed by atoms with E-state index >= 15 is 0 Å². The molecule has 2 heteroatoms. The lowest BCUT2D eigenvalue weighted by Gasteiger charge is -2.27. The Hall–Kier alpha value is -6.90. The number of nitrogens with zero attached hydrogens (tertiary/aromatic N) is 1. The molecule has 0 amide bonds. The van der Waals surface area contributed by atoms with E-state index in [4.69, 9.17) is 4.42 Å². The fourth-order valence-corrected chi connectivity index (χ4v) is 7.76. The summed E-state index contributed by atoms with van der Waals surface area (Å²) in [5.41, 5.74) is 11.9. The van der Waals surface area contributed by atoms with Crippen molar-refractivity contribution < 1.29 is 4.42 Å². The summed E-state index contributed by atoms with van der Waals surface area (Å²) in [5, 5.41) is 7.03. The van der Waals surface area contributed by atoms with Gasteiger partial charge in [0.2, 0.25) is 0 Å². The molecular weight excluding hydrogens is 631 g/mol. The predicted molar refractivity (Wildman–Crippen MR) is 220 cm³/mol. The molecule has 0 saturated carbocycles. The van der Waals surface area contributed by atoms with Crippen molar-refractivity contribution in [1.82, 2.24) is 0 Å². The second kappa shape index (κ2) is 12.5. The lowest BCUT2D eigenvalue weighted by atomic mass is 9.97. The molecule has 0 N–H and O–H groups in total. The normalized spacial score (nSPS) is 11.5. The maximum absolute atomic E-state index is 7.00. The van der Waals surface area contributed by atoms with Crippen LogP contribution in [0.4, 0.5) is 17.1 Å². The number of anilines is 3. The number of hydrogen-bond acceptors (Lipinski definition) is 2. The van der Waals surface area contributed by atoms with Gasteiger partial charge in [-0.2, -0.15) is 0 Å². The summed E-state index contributed by atoms with van der Waals surface area (Å²) in [4.78, 5) is 2.37. The molecule has 2 nitrogen and oxygen atoms in total. The minimum absolute atomic E-state index is 0.857. The van der Waals surface area contributed by atoms with Gasteiger partial charge in [-0.05, 0) is 74.3 Å². The monoisotopic (exact) mass is 663 g/mol. The van der Waals surface area contributed by atoms with Crippen molar-refractivity contribution in [3.63, 3.8) is 0 Å². The second-order valence-electron chi connectivity index (χ2n) is 13.3. The summed E-state index contributed by atoms with van der Waals surface area (Å²) >= 11 is 0. The van der Waals surface area contributed by atoms with Crippen LogP contribution in [0, 0.1) is 0 Å². The van der Waals surface area contributed by atoms with Crippen LogP contribution in [0.1, 0.15) is 0 Å². The summed E-state index contributed by atoms with van der Waals surface area (Å²) in [6.07, 6.45) is 0. The van der Waals surface area contributed by atoms with Crippen molar-refractivity contribution in [2.45, 2.75) is 0 Å². The van der Waals surface area contributed by atoms with E-state index in [-0.39, 0.29) is 0 Å². The SMILES string of the molecule is c1ccc(-c2ccc3cccc(N(c4ccc(-c5cccc6ccccc56)cc4)c4cccc5c4oc4c(-c6ccccc6)cccc45)c3c2)cc1. The summed E-state index contributed by atoms with van der Waals surface area (Å²) in [5.74, 6) is 0. The Labute approximate surface area is 302 Å². The maximum atomic E-state index is 7.00. The molecule has 10 rings (SSSR count). The first kappa shape index (κ1) is 30.0. The zero-order chi connectivity index (χ0) is 34.4. The molecule has 0 radical (unpaired) electrons. The Bertz CT molecular complexity index is 2880. The first-order valence-electron chi connectivity index (χ1n) is 17.8. The lowest BCUT2D eigenvalue weighted by Crippen LogP contribution is -2.10. The number of rotatable bonds is 6. The van der Waals surface area contributed by atoms with E-state index in [9.17, 15) is 0 Å². The fraction of sp³-hybridized carbons (Fsp3) is 0. The highest BCUT2D eigenvalue weighted by atomic mass is 16.3. The van der Waals surface area contributed by atoms with Crippen molar-refractivity contribution in [2.75, 3.05) is 4.90 Å². The summed E-state index contributed by atoms with van der Waals surface area (Å²) in [6.45, 7) is 0. The van der Waals surface area contributed by atoms with E-state index in [1.165, 1.54) is 43.8 Å². The molecular formula is C50H33NO. The first-order valence-corrected chi connectivity index (χ1v) is 17.8. The van der Waals surface area contributed by atoms with Crippen molar-refractivity contribution in [1.29, 1.82) is 0 Å². The van der Waals surface area contributed by atoms with Crippen LogP contribution in [0.25, 0.3) is 76.9 Å². The molecule has 0 saturated heterocycles. The number of para-hydroxylation sites is 2. The molecule has 0 bridgehead atoms. The largest absolute Gasteiger partial charge is 0.453 e. The molecule has 0 aliphatic rings. The van der Waals surface area contributed by atoms with Gasteiger partial charge in [-0.15, -0.1) is 0 Å². The average molecular weight is 664 g/mol. The van der Waals surface area contributed by atoms with Gasteiger partial charge in [0.05, 0.1) is 11.4 Å². The number of fused-ring (bicyclic) bond motifs is 5. The molecule has 0 aliphatic heterocycles. The molecule has 0 fully saturated rings. The van der Waals surface area contributed by atoms with Gasteiger partial charge < -0.3 is 9.32 Å². The van der Waals surface area contributed by atoms with Gasteiger partial charge in [0, 0.05) is 27.4 Å². The van der Waals surface area contributed by atoms with Crippen LogP contribution in [-0.4, -0.2) is 0 Å². The zero-order valence-corrected chi connectivity index (χ0v) is 28.4. The first-order chi connectivity index (χ1) is 25.8. The molecule has 244 valence electrons. The Morgan fingerprint density at radius 2 is 0.846 bits per heavy atom. The van der Waals surface area contributed by atoms with Crippen LogP contribution in [-0.2, 0) is 0 Å². The minimum Gasteiger partial charge on any atom is -0.453 e. The van der Waals surface area contributed by atoms with Crippen molar-refractivity contribution in [3.05, 3.63) is 200 Å². The van der Waals surface area contributed by atoms with Gasteiger partial charge in [-0.25, -0.2) is 0 Å². The second-order valence-corrected chi connectivity index (χ2v) is 13.3. The van der Waals surface area contributed by atoms with Crippen molar-refractivity contribution in [2.24, 2.45) is 0 Å².